The van der Waals surface area contributed by atoms with Gasteiger partial charge in [0.05, 0.1) is 6.61 Å². The third kappa shape index (κ3) is 2.49. The molecule has 0 aromatic rings. The molecule has 4 nitrogen and oxygen atoms in total. The summed E-state index contributed by atoms with van der Waals surface area (Å²) in [5, 5.41) is 0. The predicted molar refractivity (Wildman–Crippen MR) is 57.8 cm³/mol. The van der Waals surface area contributed by atoms with Crippen molar-refractivity contribution < 1.29 is 19.1 Å². The van der Waals surface area contributed by atoms with Gasteiger partial charge in [0.15, 0.2) is 0 Å². The Balaban J connectivity index is 2.85. The average Bonchev–Trinajstić information content (AvgIpc) is 2.28. The Hall–Kier alpha value is -1.19. The van der Waals surface area contributed by atoms with Crippen LogP contribution in [0.3, 0.4) is 0 Å². The molecule has 1 atom stereocenters. The topological polar surface area (TPSA) is 60.4 Å². The maximum Gasteiger partial charge on any atom is 0.319 e. The van der Waals surface area contributed by atoms with E-state index in [1.165, 1.54) is 0 Å². The molecule has 0 N–H and O–H groups in total. The minimum atomic E-state index is -1.03. The van der Waals surface area contributed by atoms with E-state index >= 15 is 0 Å². The van der Waals surface area contributed by atoms with Gasteiger partial charge in [-0.25, -0.2) is 0 Å². The molecule has 1 rings (SSSR count). The van der Waals surface area contributed by atoms with Crippen molar-refractivity contribution >= 4 is 18.0 Å². The monoisotopic (exact) mass is 226 g/mol. The van der Waals surface area contributed by atoms with Crippen molar-refractivity contribution in [2.45, 2.75) is 45.4 Å². The van der Waals surface area contributed by atoms with Crippen LogP contribution in [0.4, 0.5) is 0 Å². The smallest absolute Gasteiger partial charge is 0.319 e. The first-order valence-electron chi connectivity index (χ1n) is 5.81. The second-order valence-corrected chi connectivity index (χ2v) is 4.14. The van der Waals surface area contributed by atoms with E-state index in [1.54, 1.807) is 6.92 Å². The number of carbonyl (C=O) groups excluding carboxylic acids is 3. The van der Waals surface area contributed by atoms with Crippen molar-refractivity contribution in [1.29, 1.82) is 0 Å². The highest BCUT2D eigenvalue weighted by atomic mass is 16.5. The minimum absolute atomic E-state index is 0.0564. The molecule has 0 radical (unpaired) electrons. The molecule has 0 amide bonds. The van der Waals surface area contributed by atoms with Crippen LogP contribution in [0.1, 0.15) is 45.4 Å². The van der Waals surface area contributed by atoms with Gasteiger partial charge in [0.25, 0.3) is 0 Å². The van der Waals surface area contributed by atoms with E-state index in [0.717, 1.165) is 19.1 Å². The lowest BCUT2D eigenvalue weighted by Gasteiger charge is -2.32. The Kier molecular flexibility index (Phi) is 4.65. The number of Topliss-reactive ketones (excluding diaryl/α,β-unsaturated/α-hetero) is 1. The summed E-state index contributed by atoms with van der Waals surface area (Å²) in [7, 11) is 0. The van der Waals surface area contributed by atoms with Crippen molar-refractivity contribution in [3.8, 4) is 0 Å². The van der Waals surface area contributed by atoms with Crippen molar-refractivity contribution in [2.24, 2.45) is 5.41 Å². The van der Waals surface area contributed by atoms with Crippen LogP contribution in [-0.4, -0.2) is 24.6 Å². The number of aldehydes is 1. The number of esters is 1. The van der Waals surface area contributed by atoms with E-state index in [-0.39, 0.29) is 18.8 Å². The van der Waals surface area contributed by atoms with Crippen molar-refractivity contribution in [2.75, 3.05) is 6.61 Å². The zero-order chi connectivity index (χ0) is 12.0. The maximum absolute atomic E-state index is 11.9. The molecule has 0 aliphatic heterocycles. The number of rotatable bonds is 5. The zero-order valence-corrected chi connectivity index (χ0v) is 9.66. The standard InChI is InChI=1S/C12H18O4/c1-2-16-11(15)12(8-5-9-13)7-4-3-6-10(12)14/h9H,2-8H2,1H3/t12-/m0/s1. The highest BCUT2D eigenvalue weighted by molar-refractivity contribution is 6.04. The molecule has 0 saturated heterocycles. The Labute approximate surface area is 95.3 Å². The van der Waals surface area contributed by atoms with E-state index in [2.05, 4.69) is 0 Å². The molecular formula is C12H18O4. The summed E-state index contributed by atoms with van der Waals surface area (Å²) in [6.45, 7) is 1.99. The van der Waals surface area contributed by atoms with Crippen LogP contribution in [-0.2, 0) is 19.1 Å². The van der Waals surface area contributed by atoms with E-state index in [4.69, 9.17) is 4.74 Å². The first-order chi connectivity index (χ1) is 7.67. The van der Waals surface area contributed by atoms with Crippen LogP contribution in [0.5, 0.6) is 0 Å². The molecule has 1 fully saturated rings. The highest BCUT2D eigenvalue weighted by Crippen LogP contribution is 2.38. The van der Waals surface area contributed by atoms with Gasteiger partial charge < -0.3 is 9.53 Å². The quantitative estimate of drug-likeness (QED) is 0.406. The van der Waals surface area contributed by atoms with Crippen LogP contribution in [0.2, 0.25) is 0 Å². The fraction of sp³-hybridized carbons (Fsp3) is 0.750. The lowest BCUT2D eigenvalue weighted by atomic mass is 9.70. The van der Waals surface area contributed by atoms with Gasteiger partial charge in [-0.05, 0) is 26.2 Å². The van der Waals surface area contributed by atoms with Gasteiger partial charge in [0.2, 0.25) is 0 Å². The van der Waals surface area contributed by atoms with Crippen LogP contribution < -0.4 is 0 Å². The van der Waals surface area contributed by atoms with Crippen molar-refractivity contribution in [3.05, 3.63) is 0 Å². The molecule has 1 saturated carbocycles. The molecule has 0 spiro atoms. The van der Waals surface area contributed by atoms with Gasteiger partial charge in [-0.3, -0.25) is 9.59 Å². The Morgan fingerprint density at radius 3 is 2.81 bits per heavy atom. The van der Waals surface area contributed by atoms with E-state index < -0.39 is 11.4 Å². The number of hydrogen-bond donors (Lipinski definition) is 0. The fourth-order valence-corrected chi connectivity index (χ4v) is 2.25. The van der Waals surface area contributed by atoms with Crippen LogP contribution in [0, 0.1) is 5.41 Å². The summed E-state index contributed by atoms with van der Waals surface area (Å²) in [4.78, 5) is 34.2. The third-order valence-corrected chi connectivity index (χ3v) is 3.15. The van der Waals surface area contributed by atoms with Crippen LogP contribution in [0.25, 0.3) is 0 Å². The summed E-state index contributed by atoms with van der Waals surface area (Å²) >= 11 is 0. The summed E-state index contributed by atoms with van der Waals surface area (Å²) in [6, 6.07) is 0. The molecule has 0 unspecified atom stereocenters. The third-order valence-electron chi connectivity index (χ3n) is 3.15. The molecule has 1 aliphatic carbocycles. The van der Waals surface area contributed by atoms with Crippen LogP contribution in [0.15, 0.2) is 0 Å². The lowest BCUT2D eigenvalue weighted by Crippen LogP contribution is -2.43. The zero-order valence-electron chi connectivity index (χ0n) is 9.66. The number of hydrogen-bond acceptors (Lipinski definition) is 4. The van der Waals surface area contributed by atoms with Gasteiger partial charge in [0.1, 0.15) is 17.5 Å². The van der Waals surface area contributed by atoms with Gasteiger partial charge >= 0.3 is 5.97 Å². The highest BCUT2D eigenvalue weighted by Gasteiger charge is 2.47. The lowest BCUT2D eigenvalue weighted by molar-refractivity contribution is -0.162. The number of ketones is 1. The molecule has 16 heavy (non-hydrogen) atoms. The first kappa shape index (κ1) is 12.9. The summed E-state index contributed by atoms with van der Waals surface area (Å²) < 4.78 is 4.98. The number of ether oxygens (including phenoxy) is 1. The van der Waals surface area contributed by atoms with Crippen LogP contribution >= 0.6 is 0 Å². The molecule has 90 valence electrons. The van der Waals surface area contributed by atoms with Gasteiger partial charge in [0, 0.05) is 12.8 Å². The van der Waals surface area contributed by atoms with E-state index in [1.807, 2.05) is 0 Å². The molecule has 1 aliphatic rings. The Morgan fingerprint density at radius 1 is 1.50 bits per heavy atom. The normalized spacial score (nSPS) is 25.2. The molecule has 0 aromatic carbocycles. The molecule has 0 heterocycles. The predicted octanol–water partition coefficient (Wildman–Crippen LogP) is 1.66. The van der Waals surface area contributed by atoms with Gasteiger partial charge in [-0.1, -0.05) is 6.42 Å². The Bertz CT molecular complexity index is 285. The molecule has 0 aromatic heterocycles. The summed E-state index contributed by atoms with van der Waals surface area (Å²) in [5.74, 6) is -0.499. The van der Waals surface area contributed by atoms with E-state index in [9.17, 15) is 14.4 Å². The van der Waals surface area contributed by atoms with E-state index in [0.29, 0.717) is 19.3 Å². The second kappa shape index (κ2) is 5.77. The largest absolute Gasteiger partial charge is 0.465 e. The van der Waals surface area contributed by atoms with Crippen molar-refractivity contribution in [1.82, 2.24) is 0 Å². The fourth-order valence-electron chi connectivity index (χ4n) is 2.25. The summed E-state index contributed by atoms with van der Waals surface area (Å²) in [6.07, 6.45) is 3.93. The minimum Gasteiger partial charge on any atom is -0.465 e. The summed E-state index contributed by atoms with van der Waals surface area (Å²) in [5.41, 5.74) is -1.03. The maximum atomic E-state index is 11.9. The second-order valence-electron chi connectivity index (χ2n) is 4.14. The van der Waals surface area contributed by atoms with Gasteiger partial charge in [-0.15, -0.1) is 0 Å². The van der Waals surface area contributed by atoms with Gasteiger partial charge in [-0.2, -0.15) is 0 Å². The SMILES string of the molecule is CCOC(=O)[C@]1(CCC=O)CCCCC1=O. The molecule has 0 bridgehead atoms. The van der Waals surface area contributed by atoms with Crippen molar-refractivity contribution in [3.63, 3.8) is 0 Å². The first-order valence-corrected chi connectivity index (χ1v) is 5.81. The molecular weight excluding hydrogens is 208 g/mol. The average molecular weight is 226 g/mol. The number of carbonyl (C=O) groups is 3. The Morgan fingerprint density at radius 2 is 2.25 bits per heavy atom. The molecule has 4 heteroatoms.